The van der Waals surface area contributed by atoms with Crippen LogP contribution >= 0.6 is 0 Å². The van der Waals surface area contributed by atoms with Gasteiger partial charge in [-0.15, -0.1) is 0 Å². The maximum Gasteiger partial charge on any atom is 0.221 e. The lowest BCUT2D eigenvalue weighted by Crippen LogP contribution is -2.13. The highest BCUT2D eigenvalue weighted by molar-refractivity contribution is 5.89. The molecule has 4 nitrogen and oxygen atoms in total. The van der Waals surface area contributed by atoms with E-state index in [-0.39, 0.29) is 5.91 Å². The molecule has 1 aromatic carbocycles. The smallest absolute Gasteiger partial charge is 0.221 e. The number of nitrogens with one attached hydrogen (secondary N) is 1. The fourth-order valence-corrected chi connectivity index (χ4v) is 1.77. The lowest BCUT2D eigenvalue weighted by Gasteiger charge is -2.17. The zero-order chi connectivity index (χ0) is 13.7. The molecule has 0 aliphatic carbocycles. The van der Waals surface area contributed by atoms with Crippen LogP contribution in [0, 0.1) is 6.92 Å². The van der Waals surface area contributed by atoms with E-state index in [2.05, 4.69) is 19.2 Å². The third kappa shape index (κ3) is 3.74. The van der Waals surface area contributed by atoms with Crippen molar-refractivity contribution >= 4 is 11.6 Å². The van der Waals surface area contributed by atoms with Crippen LogP contribution in [-0.2, 0) is 4.79 Å². The summed E-state index contributed by atoms with van der Waals surface area (Å²) in [7, 11) is 0. The highest BCUT2D eigenvalue weighted by Crippen LogP contribution is 2.32. The van der Waals surface area contributed by atoms with Gasteiger partial charge in [0.1, 0.15) is 12.4 Å². The Morgan fingerprint density at radius 3 is 2.61 bits per heavy atom. The van der Waals surface area contributed by atoms with E-state index in [9.17, 15) is 4.79 Å². The normalized spacial score (nSPS) is 10.6. The molecule has 0 radical (unpaired) electrons. The van der Waals surface area contributed by atoms with Gasteiger partial charge in [-0.1, -0.05) is 13.8 Å². The zero-order valence-electron chi connectivity index (χ0n) is 11.5. The average Bonchev–Trinajstić information content (AvgIpc) is 2.28. The number of aryl methyl sites for hydroxylation is 1. The minimum atomic E-state index is -0.0663. The Balaban J connectivity index is 3.12. The first-order chi connectivity index (χ1) is 8.45. The number of carbonyl (C=O) groups excluding carboxylic acids is 1. The Hall–Kier alpha value is -1.55. The van der Waals surface area contributed by atoms with Gasteiger partial charge in [-0.3, -0.25) is 4.79 Å². The Kier molecular flexibility index (Phi) is 5.16. The second-order valence-electron chi connectivity index (χ2n) is 4.68. The van der Waals surface area contributed by atoms with Crippen molar-refractivity contribution in [3.63, 3.8) is 0 Å². The van der Waals surface area contributed by atoms with E-state index in [0.29, 0.717) is 19.1 Å². The topological polar surface area (TPSA) is 64.3 Å². The van der Waals surface area contributed by atoms with Crippen molar-refractivity contribution in [1.82, 2.24) is 0 Å². The lowest BCUT2D eigenvalue weighted by molar-refractivity contribution is -0.114. The molecule has 4 heteroatoms. The number of hydrogen-bond acceptors (Lipinski definition) is 3. The molecule has 0 aliphatic heterocycles. The third-order valence-corrected chi connectivity index (χ3v) is 2.66. The number of anilines is 1. The fraction of sp³-hybridized carbons (Fsp3) is 0.500. The molecule has 0 saturated heterocycles. The molecular formula is C14H22N2O2. The molecule has 0 saturated carbocycles. The Labute approximate surface area is 109 Å². The van der Waals surface area contributed by atoms with E-state index >= 15 is 0 Å². The quantitative estimate of drug-likeness (QED) is 0.843. The SMILES string of the molecule is CC(=O)Nc1cc(C(C)C)c(OCCN)cc1C. The van der Waals surface area contributed by atoms with E-state index in [4.69, 9.17) is 10.5 Å². The lowest BCUT2D eigenvalue weighted by atomic mass is 9.99. The van der Waals surface area contributed by atoms with E-state index in [1.54, 1.807) is 0 Å². The summed E-state index contributed by atoms with van der Waals surface area (Å²) in [5, 5.41) is 2.83. The number of rotatable bonds is 5. The molecule has 0 aromatic heterocycles. The van der Waals surface area contributed by atoms with Gasteiger partial charge in [0.2, 0.25) is 5.91 Å². The third-order valence-electron chi connectivity index (χ3n) is 2.66. The molecular weight excluding hydrogens is 228 g/mol. The second-order valence-corrected chi connectivity index (χ2v) is 4.68. The summed E-state index contributed by atoms with van der Waals surface area (Å²) in [6.45, 7) is 8.63. The monoisotopic (exact) mass is 250 g/mol. The molecule has 0 fully saturated rings. The predicted octanol–water partition coefficient (Wildman–Crippen LogP) is 2.41. The van der Waals surface area contributed by atoms with Crippen molar-refractivity contribution < 1.29 is 9.53 Å². The van der Waals surface area contributed by atoms with E-state index < -0.39 is 0 Å². The largest absolute Gasteiger partial charge is 0.492 e. The Bertz CT molecular complexity index is 428. The van der Waals surface area contributed by atoms with Gasteiger partial charge in [-0.05, 0) is 36.1 Å². The molecule has 1 amide bonds. The maximum atomic E-state index is 11.1. The molecule has 0 bridgehead atoms. The molecule has 0 unspecified atom stereocenters. The maximum absolute atomic E-state index is 11.1. The zero-order valence-corrected chi connectivity index (χ0v) is 11.5. The molecule has 0 heterocycles. The van der Waals surface area contributed by atoms with Gasteiger partial charge in [0.05, 0.1) is 0 Å². The molecule has 0 spiro atoms. The van der Waals surface area contributed by atoms with Crippen LogP contribution in [0.5, 0.6) is 5.75 Å². The van der Waals surface area contributed by atoms with Gasteiger partial charge >= 0.3 is 0 Å². The van der Waals surface area contributed by atoms with Crippen LogP contribution in [0.2, 0.25) is 0 Å². The van der Waals surface area contributed by atoms with E-state index in [1.165, 1.54) is 6.92 Å². The van der Waals surface area contributed by atoms with Gasteiger partial charge in [0, 0.05) is 19.2 Å². The first-order valence-corrected chi connectivity index (χ1v) is 6.20. The van der Waals surface area contributed by atoms with Crippen molar-refractivity contribution in [3.8, 4) is 5.75 Å². The number of ether oxygens (including phenoxy) is 1. The summed E-state index contributed by atoms with van der Waals surface area (Å²) in [5.74, 6) is 1.11. The predicted molar refractivity (Wildman–Crippen MR) is 74.1 cm³/mol. The average molecular weight is 250 g/mol. The van der Waals surface area contributed by atoms with Crippen molar-refractivity contribution in [3.05, 3.63) is 23.3 Å². The molecule has 0 atom stereocenters. The molecule has 0 aliphatic rings. The minimum Gasteiger partial charge on any atom is -0.492 e. The number of amides is 1. The first kappa shape index (κ1) is 14.5. The van der Waals surface area contributed by atoms with Crippen LogP contribution in [-0.4, -0.2) is 19.1 Å². The van der Waals surface area contributed by atoms with Gasteiger partial charge in [0.15, 0.2) is 0 Å². The van der Waals surface area contributed by atoms with Crippen molar-refractivity contribution in [2.75, 3.05) is 18.5 Å². The summed E-state index contributed by atoms with van der Waals surface area (Å²) in [5.41, 5.74) is 8.36. The molecule has 18 heavy (non-hydrogen) atoms. The summed E-state index contributed by atoms with van der Waals surface area (Å²) in [6, 6.07) is 3.93. The van der Waals surface area contributed by atoms with Crippen LogP contribution in [0.4, 0.5) is 5.69 Å². The van der Waals surface area contributed by atoms with E-state index in [0.717, 1.165) is 22.6 Å². The second kappa shape index (κ2) is 6.40. The fourth-order valence-electron chi connectivity index (χ4n) is 1.77. The highest BCUT2D eigenvalue weighted by atomic mass is 16.5. The summed E-state index contributed by atoms with van der Waals surface area (Å²) in [6.07, 6.45) is 0. The van der Waals surface area contributed by atoms with E-state index in [1.807, 2.05) is 19.1 Å². The minimum absolute atomic E-state index is 0.0663. The summed E-state index contributed by atoms with van der Waals surface area (Å²) in [4.78, 5) is 11.1. The van der Waals surface area contributed by atoms with Crippen molar-refractivity contribution in [2.45, 2.75) is 33.6 Å². The molecule has 100 valence electrons. The van der Waals surface area contributed by atoms with Crippen molar-refractivity contribution in [1.29, 1.82) is 0 Å². The molecule has 1 aromatic rings. The summed E-state index contributed by atoms with van der Waals surface area (Å²) >= 11 is 0. The van der Waals surface area contributed by atoms with Crippen molar-refractivity contribution in [2.24, 2.45) is 5.73 Å². The van der Waals surface area contributed by atoms with Gasteiger partial charge < -0.3 is 15.8 Å². The van der Waals surface area contributed by atoms with Crippen LogP contribution in [0.1, 0.15) is 37.8 Å². The Morgan fingerprint density at radius 2 is 2.11 bits per heavy atom. The van der Waals surface area contributed by atoms with Crippen LogP contribution in [0.15, 0.2) is 12.1 Å². The van der Waals surface area contributed by atoms with Crippen LogP contribution in [0.3, 0.4) is 0 Å². The first-order valence-electron chi connectivity index (χ1n) is 6.20. The van der Waals surface area contributed by atoms with Gasteiger partial charge in [-0.2, -0.15) is 0 Å². The molecule has 1 rings (SSSR count). The van der Waals surface area contributed by atoms with Gasteiger partial charge in [0.25, 0.3) is 0 Å². The summed E-state index contributed by atoms with van der Waals surface area (Å²) < 4.78 is 5.65. The number of hydrogen-bond donors (Lipinski definition) is 2. The standard InChI is InChI=1S/C14H22N2O2/c1-9(2)12-8-13(16-11(4)17)10(3)7-14(12)18-6-5-15/h7-9H,5-6,15H2,1-4H3,(H,16,17). The van der Waals surface area contributed by atoms with Crippen LogP contribution < -0.4 is 15.8 Å². The van der Waals surface area contributed by atoms with Crippen LogP contribution in [0.25, 0.3) is 0 Å². The number of carbonyl (C=O) groups is 1. The Morgan fingerprint density at radius 1 is 1.44 bits per heavy atom. The number of nitrogens with two attached hydrogens (primary N) is 1. The number of benzene rings is 1. The molecule has 3 N–H and O–H groups in total. The van der Waals surface area contributed by atoms with Gasteiger partial charge in [-0.25, -0.2) is 0 Å². The highest BCUT2D eigenvalue weighted by Gasteiger charge is 2.12.